The van der Waals surface area contributed by atoms with E-state index in [1.54, 1.807) is 18.7 Å². The predicted molar refractivity (Wildman–Crippen MR) is 86.3 cm³/mol. The molecule has 1 saturated heterocycles. The van der Waals surface area contributed by atoms with Gasteiger partial charge in [-0.15, -0.1) is 11.8 Å². The highest BCUT2D eigenvalue weighted by molar-refractivity contribution is 7.98. The van der Waals surface area contributed by atoms with Gasteiger partial charge in [0, 0.05) is 29.5 Å². The summed E-state index contributed by atoms with van der Waals surface area (Å²) in [6.07, 6.45) is 3.45. The number of Topliss-reactive ketones (excluding diaryl/α,β-unsaturated/α-hetero) is 1. The molecule has 21 heavy (non-hydrogen) atoms. The molecule has 0 unspecified atom stereocenters. The van der Waals surface area contributed by atoms with Gasteiger partial charge in [0.2, 0.25) is 10.0 Å². The van der Waals surface area contributed by atoms with Crippen LogP contribution in [0.4, 0.5) is 0 Å². The summed E-state index contributed by atoms with van der Waals surface area (Å²) in [4.78, 5) is 13.7. The molecule has 0 amide bonds. The predicted octanol–water partition coefficient (Wildman–Crippen LogP) is 2.65. The van der Waals surface area contributed by atoms with Crippen LogP contribution in [0.15, 0.2) is 29.2 Å². The lowest BCUT2D eigenvalue weighted by Gasteiger charge is -2.31. The smallest absolute Gasteiger partial charge is 0.213 e. The van der Waals surface area contributed by atoms with Crippen molar-refractivity contribution in [2.45, 2.75) is 24.7 Å². The van der Waals surface area contributed by atoms with Crippen molar-refractivity contribution in [2.75, 3.05) is 25.1 Å². The minimum atomic E-state index is -3.21. The van der Waals surface area contributed by atoms with Crippen LogP contribution in [-0.2, 0) is 10.0 Å². The van der Waals surface area contributed by atoms with Crippen molar-refractivity contribution >= 4 is 27.6 Å². The molecule has 0 aliphatic carbocycles. The lowest BCUT2D eigenvalue weighted by Crippen LogP contribution is -2.43. The molecule has 0 N–H and O–H groups in total. The Hall–Kier alpha value is -0.850. The normalized spacial score (nSPS) is 20.4. The van der Waals surface area contributed by atoms with Gasteiger partial charge in [-0.25, -0.2) is 12.7 Å². The Morgan fingerprint density at radius 2 is 2.10 bits per heavy atom. The van der Waals surface area contributed by atoms with Crippen molar-refractivity contribution in [3.63, 3.8) is 0 Å². The van der Waals surface area contributed by atoms with Gasteiger partial charge in [0.1, 0.15) is 0 Å². The van der Waals surface area contributed by atoms with E-state index in [1.807, 2.05) is 30.5 Å². The second-order valence-corrected chi connectivity index (χ2v) is 8.27. The molecular formula is C15H21NO3S2. The maximum Gasteiger partial charge on any atom is 0.213 e. The maximum absolute atomic E-state index is 12.7. The van der Waals surface area contributed by atoms with Crippen LogP contribution < -0.4 is 0 Å². The van der Waals surface area contributed by atoms with Crippen LogP contribution in [-0.4, -0.2) is 43.6 Å². The van der Waals surface area contributed by atoms with E-state index < -0.39 is 10.0 Å². The highest BCUT2D eigenvalue weighted by Gasteiger charge is 2.32. The number of sulfonamides is 1. The lowest BCUT2D eigenvalue weighted by molar-refractivity contribution is 0.0869. The minimum Gasteiger partial charge on any atom is -0.294 e. The number of carbonyl (C=O) groups excluding carboxylic acids is 1. The van der Waals surface area contributed by atoms with E-state index in [2.05, 4.69) is 0 Å². The third-order valence-corrected chi connectivity index (χ3v) is 6.53. The second-order valence-electron chi connectivity index (χ2n) is 5.16. The van der Waals surface area contributed by atoms with Crippen LogP contribution in [0.1, 0.15) is 30.1 Å². The van der Waals surface area contributed by atoms with Crippen molar-refractivity contribution in [1.82, 2.24) is 4.31 Å². The fraction of sp³-hybridized carbons (Fsp3) is 0.533. The summed E-state index contributed by atoms with van der Waals surface area (Å²) in [6, 6.07) is 7.54. The van der Waals surface area contributed by atoms with Crippen molar-refractivity contribution in [2.24, 2.45) is 5.92 Å². The van der Waals surface area contributed by atoms with Gasteiger partial charge in [0.05, 0.1) is 5.75 Å². The molecule has 0 aromatic heterocycles. The van der Waals surface area contributed by atoms with E-state index in [0.717, 1.165) is 17.7 Å². The number of ketones is 1. The van der Waals surface area contributed by atoms with Gasteiger partial charge >= 0.3 is 0 Å². The summed E-state index contributed by atoms with van der Waals surface area (Å²) in [5.41, 5.74) is 0.714. The van der Waals surface area contributed by atoms with Crippen LogP contribution in [0.5, 0.6) is 0 Å². The van der Waals surface area contributed by atoms with E-state index in [9.17, 15) is 13.2 Å². The number of piperidine rings is 1. The fourth-order valence-electron chi connectivity index (χ4n) is 2.66. The van der Waals surface area contributed by atoms with Gasteiger partial charge in [-0.2, -0.15) is 0 Å². The largest absolute Gasteiger partial charge is 0.294 e. The van der Waals surface area contributed by atoms with Gasteiger partial charge in [-0.1, -0.05) is 18.2 Å². The molecule has 1 aromatic carbocycles. The van der Waals surface area contributed by atoms with Gasteiger partial charge in [0.25, 0.3) is 0 Å². The Morgan fingerprint density at radius 3 is 2.76 bits per heavy atom. The molecule has 1 aromatic rings. The van der Waals surface area contributed by atoms with E-state index in [-0.39, 0.29) is 17.5 Å². The third kappa shape index (κ3) is 3.67. The first-order chi connectivity index (χ1) is 9.99. The van der Waals surface area contributed by atoms with Gasteiger partial charge in [0.15, 0.2) is 5.78 Å². The van der Waals surface area contributed by atoms with Crippen LogP contribution in [0.3, 0.4) is 0 Å². The quantitative estimate of drug-likeness (QED) is 0.616. The van der Waals surface area contributed by atoms with Crippen molar-refractivity contribution in [3.05, 3.63) is 29.8 Å². The monoisotopic (exact) mass is 327 g/mol. The Balaban J connectivity index is 2.20. The number of thioether (sulfide) groups is 1. The summed E-state index contributed by atoms with van der Waals surface area (Å²) < 4.78 is 25.5. The van der Waals surface area contributed by atoms with Crippen LogP contribution in [0, 0.1) is 5.92 Å². The zero-order valence-corrected chi connectivity index (χ0v) is 14.0. The van der Waals surface area contributed by atoms with Crippen LogP contribution in [0.2, 0.25) is 0 Å². The minimum absolute atomic E-state index is 0.0657. The standard InChI is InChI=1S/C15H21NO3S2/c1-3-21(18,19)16-10-6-7-12(11-16)15(17)13-8-4-5-9-14(13)20-2/h4-5,8-9,12H,3,6-7,10-11H2,1-2H3/t12-/m1/s1. The average Bonchev–Trinajstić information content (AvgIpc) is 2.54. The van der Waals surface area contributed by atoms with Gasteiger partial charge in [-0.05, 0) is 32.1 Å². The molecule has 1 fully saturated rings. The number of rotatable bonds is 5. The number of hydrogen-bond acceptors (Lipinski definition) is 4. The molecule has 2 rings (SSSR count). The summed E-state index contributed by atoms with van der Waals surface area (Å²) in [5, 5.41) is 0. The Bertz CT molecular complexity index is 613. The summed E-state index contributed by atoms with van der Waals surface area (Å²) in [6.45, 7) is 2.49. The van der Waals surface area contributed by atoms with Crippen LogP contribution >= 0.6 is 11.8 Å². The molecule has 0 spiro atoms. The summed E-state index contributed by atoms with van der Waals surface area (Å²) in [7, 11) is -3.21. The molecule has 1 heterocycles. The summed E-state index contributed by atoms with van der Waals surface area (Å²) >= 11 is 1.55. The molecule has 116 valence electrons. The fourth-order valence-corrected chi connectivity index (χ4v) is 4.44. The number of hydrogen-bond donors (Lipinski definition) is 0. The average molecular weight is 327 g/mol. The van der Waals surface area contributed by atoms with Crippen LogP contribution in [0.25, 0.3) is 0 Å². The summed E-state index contributed by atoms with van der Waals surface area (Å²) in [5.74, 6) is -0.0701. The van der Waals surface area contributed by atoms with Crippen molar-refractivity contribution < 1.29 is 13.2 Å². The Kier molecular flexibility index (Phi) is 5.46. The highest BCUT2D eigenvalue weighted by atomic mass is 32.2. The molecule has 1 aliphatic heterocycles. The first-order valence-corrected chi connectivity index (χ1v) is 9.98. The van der Waals surface area contributed by atoms with Gasteiger partial charge < -0.3 is 0 Å². The van der Waals surface area contributed by atoms with Crippen molar-refractivity contribution in [1.29, 1.82) is 0 Å². The first kappa shape index (κ1) is 16.5. The zero-order valence-electron chi connectivity index (χ0n) is 12.4. The molecule has 0 saturated carbocycles. The molecule has 1 atom stereocenters. The van der Waals surface area contributed by atoms with Crippen molar-refractivity contribution in [3.8, 4) is 0 Å². The van der Waals surface area contributed by atoms with Gasteiger partial charge in [-0.3, -0.25) is 4.79 Å². The number of benzene rings is 1. The molecule has 0 radical (unpaired) electrons. The molecule has 4 nitrogen and oxygen atoms in total. The maximum atomic E-state index is 12.7. The Labute approximate surface area is 131 Å². The first-order valence-electron chi connectivity index (χ1n) is 7.14. The number of nitrogens with zero attached hydrogens (tertiary/aromatic N) is 1. The zero-order chi connectivity index (χ0) is 15.5. The molecule has 6 heteroatoms. The second kappa shape index (κ2) is 6.94. The molecule has 0 bridgehead atoms. The van der Waals surface area contributed by atoms with E-state index in [0.29, 0.717) is 18.7 Å². The highest BCUT2D eigenvalue weighted by Crippen LogP contribution is 2.27. The van der Waals surface area contributed by atoms with E-state index >= 15 is 0 Å². The number of carbonyl (C=O) groups is 1. The molecular weight excluding hydrogens is 306 g/mol. The lowest BCUT2D eigenvalue weighted by atomic mass is 9.91. The van der Waals surface area contributed by atoms with E-state index in [1.165, 1.54) is 4.31 Å². The SMILES string of the molecule is CCS(=O)(=O)N1CCC[C@@H](C(=O)c2ccccc2SC)C1. The third-order valence-electron chi connectivity index (χ3n) is 3.89. The topological polar surface area (TPSA) is 54.5 Å². The van der Waals surface area contributed by atoms with E-state index in [4.69, 9.17) is 0 Å². The Morgan fingerprint density at radius 1 is 1.38 bits per heavy atom. The molecule has 1 aliphatic rings.